The maximum atomic E-state index is 10.8. The summed E-state index contributed by atoms with van der Waals surface area (Å²) in [7, 11) is 2.60. The van der Waals surface area contributed by atoms with Crippen LogP contribution in [-0.2, 0) is 13.8 Å². The van der Waals surface area contributed by atoms with E-state index in [4.69, 9.17) is 10.7 Å². The number of hydrogen-bond donors (Lipinski definition) is 1. The minimum atomic E-state index is -3.94. The fourth-order valence-corrected chi connectivity index (χ4v) is 2.22. The minimum Gasteiger partial charge on any atom is -0.390 e. The Morgan fingerprint density at radius 2 is 1.75 bits per heavy atom. The molecule has 0 spiro atoms. The smallest absolute Gasteiger partial charge is 0.266 e. The summed E-state index contributed by atoms with van der Waals surface area (Å²) >= 11 is 0. The lowest BCUT2D eigenvalue weighted by atomic mass is 10.3. The Kier molecular flexibility index (Phi) is 3.73. The molecule has 1 N–H and O–H groups in total. The Balaban J connectivity index is 5.38. The number of allylic oxidation sites excluding steroid dienone is 2. The van der Waals surface area contributed by atoms with Crippen molar-refractivity contribution in [1.82, 2.24) is 5.32 Å². The molecular weight excluding hydrogens is 202 g/mol. The van der Waals surface area contributed by atoms with E-state index in [0.717, 1.165) is 6.92 Å². The van der Waals surface area contributed by atoms with E-state index in [9.17, 15) is 13.2 Å². The lowest BCUT2D eigenvalue weighted by molar-refractivity contribution is -0.113. The Morgan fingerprint density at radius 3 is 1.83 bits per heavy atom. The van der Waals surface area contributed by atoms with E-state index < -0.39 is 14.8 Å². The number of carbonyl (C=O) groups excluding carboxylic acids is 1. The maximum Gasteiger partial charge on any atom is 0.266 e. The quantitative estimate of drug-likeness (QED) is 0.549. The molecule has 0 rings (SSSR count). The van der Waals surface area contributed by atoms with Crippen molar-refractivity contribution >= 4 is 25.5 Å². The van der Waals surface area contributed by atoms with Gasteiger partial charge in [0.15, 0.2) is 5.78 Å². The lowest BCUT2D eigenvalue weighted by Crippen LogP contribution is -2.14. The number of nitrogens with one attached hydrogen (secondary N) is 1. The summed E-state index contributed by atoms with van der Waals surface area (Å²) < 4.78 is 21.6. The third-order valence-corrected chi connectivity index (χ3v) is 2.82. The number of carbonyl (C=O) groups is 1. The maximum absolute atomic E-state index is 10.8. The normalized spacial score (nSPS) is 13.7. The van der Waals surface area contributed by atoms with Gasteiger partial charge in [-0.05, 0) is 13.8 Å². The van der Waals surface area contributed by atoms with Gasteiger partial charge in [-0.3, -0.25) is 4.79 Å². The molecule has 0 aliphatic heterocycles. The summed E-state index contributed by atoms with van der Waals surface area (Å²) in [5.41, 5.74) is 0.248. The Labute approximate surface area is 76.0 Å². The number of halogens is 1. The van der Waals surface area contributed by atoms with Crippen LogP contribution in [0.1, 0.15) is 13.8 Å². The molecule has 0 radical (unpaired) electrons. The second kappa shape index (κ2) is 3.91. The van der Waals surface area contributed by atoms with Crippen LogP contribution in [-0.4, -0.2) is 21.2 Å². The van der Waals surface area contributed by atoms with E-state index in [1.165, 1.54) is 14.0 Å². The molecule has 0 unspecified atom stereocenters. The summed E-state index contributed by atoms with van der Waals surface area (Å²) in [5.74, 6) is -0.572. The fourth-order valence-electron chi connectivity index (χ4n) is 0.732. The molecule has 4 nitrogen and oxygen atoms in total. The molecule has 0 aliphatic rings. The predicted octanol–water partition coefficient (Wildman–Crippen LogP) is 0.595. The molecule has 0 bridgehead atoms. The van der Waals surface area contributed by atoms with Gasteiger partial charge in [-0.1, -0.05) is 0 Å². The average molecular weight is 212 g/mol. The zero-order valence-electron chi connectivity index (χ0n) is 7.01. The van der Waals surface area contributed by atoms with Crippen LogP contribution in [0.4, 0.5) is 0 Å². The summed E-state index contributed by atoms with van der Waals surface area (Å²) in [6.45, 7) is 2.62. The first-order valence-corrected chi connectivity index (χ1v) is 5.46. The molecule has 70 valence electrons. The van der Waals surface area contributed by atoms with E-state index >= 15 is 0 Å². The van der Waals surface area contributed by atoms with Gasteiger partial charge < -0.3 is 5.32 Å². The van der Waals surface area contributed by atoms with Crippen molar-refractivity contribution in [2.75, 3.05) is 7.05 Å². The highest BCUT2D eigenvalue weighted by Crippen LogP contribution is 2.15. The summed E-state index contributed by atoms with van der Waals surface area (Å²) in [5, 5.41) is 2.55. The van der Waals surface area contributed by atoms with Crippen molar-refractivity contribution in [2.45, 2.75) is 13.8 Å². The van der Waals surface area contributed by atoms with E-state index in [-0.39, 0.29) is 10.6 Å². The molecule has 0 aromatic rings. The zero-order chi connectivity index (χ0) is 9.94. The summed E-state index contributed by atoms with van der Waals surface area (Å²) in [6.07, 6.45) is 0. The monoisotopic (exact) mass is 211 g/mol. The molecule has 0 aromatic heterocycles. The van der Waals surface area contributed by atoms with Crippen molar-refractivity contribution in [2.24, 2.45) is 0 Å². The van der Waals surface area contributed by atoms with Crippen molar-refractivity contribution in [3.05, 3.63) is 10.6 Å². The third kappa shape index (κ3) is 2.83. The van der Waals surface area contributed by atoms with Gasteiger partial charge in [0, 0.05) is 23.4 Å². The number of Topliss-reactive ketones (excluding diaryl/α,β-unsaturated/α-hetero) is 1. The van der Waals surface area contributed by atoms with E-state index in [0.29, 0.717) is 0 Å². The van der Waals surface area contributed by atoms with Crippen LogP contribution in [0.3, 0.4) is 0 Å². The van der Waals surface area contributed by atoms with Gasteiger partial charge in [0.1, 0.15) is 4.91 Å². The average Bonchev–Trinajstić information content (AvgIpc) is 1.83. The standard InChI is InChI=1S/C6H10ClNO3S/c1-4(8-3)6(5(2)9)12(7,10)11/h8H,1-3H3. The van der Waals surface area contributed by atoms with Gasteiger partial charge in [-0.2, -0.15) is 0 Å². The molecular formula is C6H10ClNO3S. The van der Waals surface area contributed by atoms with Gasteiger partial charge in [-0.25, -0.2) is 8.42 Å². The van der Waals surface area contributed by atoms with Crippen LogP contribution in [0.2, 0.25) is 0 Å². The van der Waals surface area contributed by atoms with E-state index in [2.05, 4.69) is 5.32 Å². The zero-order valence-corrected chi connectivity index (χ0v) is 8.58. The minimum absolute atomic E-state index is 0.248. The SMILES string of the molecule is CNC(C)=C(C(C)=O)S(=O)(=O)Cl. The van der Waals surface area contributed by atoms with Gasteiger partial charge in [0.25, 0.3) is 9.05 Å². The highest BCUT2D eigenvalue weighted by molar-refractivity contribution is 8.17. The molecule has 0 amide bonds. The predicted molar refractivity (Wildman–Crippen MR) is 47.2 cm³/mol. The van der Waals surface area contributed by atoms with Gasteiger partial charge in [-0.15, -0.1) is 0 Å². The molecule has 0 saturated heterocycles. The molecule has 0 fully saturated rings. The van der Waals surface area contributed by atoms with Crippen LogP contribution in [0.15, 0.2) is 10.6 Å². The van der Waals surface area contributed by atoms with Gasteiger partial charge in [0.2, 0.25) is 0 Å². The molecule has 12 heavy (non-hydrogen) atoms. The van der Waals surface area contributed by atoms with Crippen LogP contribution in [0.25, 0.3) is 0 Å². The Morgan fingerprint density at radius 1 is 1.33 bits per heavy atom. The molecule has 0 aromatic carbocycles. The topological polar surface area (TPSA) is 63.2 Å². The van der Waals surface area contributed by atoms with Crippen molar-refractivity contribution < 1.29 is 13.2 Å². The number of rotatable bonds is 3. The second-order valence-corrected chi connectivity index (χ2v) is 4.70. The Bertz CT molecular complexity index is 318. The van der Waals surface area contributed by atoms with Crippen LogP contribution >= 0.6 is 10.7 Å². The molecule has 0 saturated carbocycles. The summed E-state index contributed by atoms with van der Waals surface area (Å²) in [6, 6.07) is 0. The third-order valence-electron chi connectivity index (χ3n) is 1.28. The molecule has 0 heterocycles. The van der Waals surface area contributed by atoms with Gasteiger partial charge in [0.05, 0.1) is 0 Å². The molecule has 0 aliphatic carbocycles. The molecule has 6 heteroatoms. The van der Waals surface area contributed by atoms with E-state index in [1.54, 1.807) is 0 Å². The van der Waals surface area contributed by atoms with Crippen LogP contribution < -0.4 is 5.32 Å². The summed E-state index contributed by atoms with van der Waals surface area (Å²) in [4.78, 5) is 10.4. The Hall–Kier alpha value is -0.550. The molecule has 0 atom stereocenters. The largest absolute Gasteiger partial charge is 0.390 e. The first-order valence-electron chi connectivity index (χ1n) is 3.15. The van der Waals surface area contributed by atoms with Crippen molar-refractivity contribution in [3.63, 3.8) is 0 Å². The first kappa shape index (κ1) is 11.4. The van der Waals surface area contributed by atoms with Crippen LogP contribution in [0.5, 0.6) is 0 Å². The number of ketones is 1. The fraction of sp³-hybridized carbons (Fsp3) is 0.500. The van der Waals surface area contributed by atoms with E-state index in [1.807, 2.05) is 0 Å². The van der Waals surface area contributed by atoms with Gasteiger partial charge >= 0.3 is 0 Å². The second-order valence-electron chi connectivity index (χ2n) is 2.20. The first-order chi connectivity index (χ1) is 5.30. The van der Waals surface area contributed by atoms with Crippen LogP contribution in [0, 0.1) is 0 Å². The van der Waals surface area contributed by atoms with Crippen molar-refractivity contribution in [3.8, 4) is 0 Å². The highest BCUT2D eigenvalue weighted by atomic mass is 35.7. The highest BCUT2D eigenvalue weighted by Gasteiger charge is 2.21. The van der Waals surface area contributed by atoms with Crippen molar-refractivity contribution in [1.29, 1.82) is 0 Å². The number of hydrogen-bond acceptors (Lipinski definition) is 4. The lowest BCUT2D eigenvalue weighted by Gasteiger charge is -2.04.